The minimum Gasteiger partial charge on any atom is -0.484 e. The molecule has 0 amide bonds. The van der Waals surface area contributed by atoms with Crippen LogP contribution in [0.15, 0.2) is 12.1 Å². The third-order valence-electron chi connectivity index (χ3n) is 2.96. The number of rotatable bonds is 2. The maximum Gasteiger partial charge on any atom is 0.191 e. The molecule has 0 saturated heterocycles. The lowest BCUT2D eigenvalue weighted by Gasteiger charge is -2.23. The van der Waals surface area contributed by atoms with Gasteiger partial charge in [-0.15, -0.1) is 0 Å². The quantitative estimate of drug-likeness (QED) is 0.788. The molecule has 0 heterocycles. The summed E-state index contributed by atoms with van der Waals surface area (Å²) in [5.74, 6) is -1.95. The fraction of sp³-hybridized carbons (Fsp3) is 0.462. The van der Waals surface area contributed by atoms with Crippen LogP contribution in [0.2, 0.25) is 0 Å². The summed E-state index contributed by atoms with van der Waals surface area (Å²) >= 11 is 0. The number of halogens is 2. The second-order valence-electron chi connectivity index (χ2n) is 4.26. The van der Waals surface area contributed by atoms with E-state index in [1.165, 1.54) is 0 Å². The largest absolute Gasteiger partial charge is 0.484 e. The van der Waals surface area contributed by atoms with Crippen molar-refractivity contribution in [2.45, 2.75) is 38.2 Å². The molecule has 0 bridgehead atoms. The molecule has 0 N–H and O–H groups in total. The summed E-state index contributed by atoms with van der Waals surface area (Å²) in [5.41, 5.74) is -0.0315. The average Bonchev–Trinajstić information content (AvgIpc) is 2.35. The summed E-state index contributed by atoms with van der Waals surface area (Å²) in [6.07, 6.45) is 4.77. The Bertz CT molecular complexity index is 424. The predicted octanol–water partition coefficient (Wildman–Crippen LogP) is 3.55. The summed E-state index contributed by atoms with van der Waals surface area (Å²) in [7, 11) is 0. The molecule has 90 valence electrons. The van der Waals surface area contributed by atoms with E-state index >= 15 is 0 Å². The first-order valence-corrected chi connectivity index (χ1v) is 5.76. The van der Waals surface area contributed by atoms with Crippen LogP contribution in [0.5, 0.6) is 5.75 Å². The van der Waals surface area contributed by atoms with E-state index in [1.807, 2.05) is 0 Å². The SMILES string of the molecule is N#Cc1cc(F)c(OC2CCCCC2)c(F)c1. The Morgan fingerprint density at radius 2 is 1.71 bits per heavy atom. The van der Waals surface area contributed by atoms with Crippen molar-refractivity contribution in [2.24, 2.45) is 0 Å². The molecule has 4 heteroatoms. The van der Waals surface area contributed by atoms with Gasteiger partial charge in [0, 0.05) is 0 Å². The zero-order valence-corrected chi connectivity index (χ0v) is 9.38. The van der Waals surface area contributed by atoms with Gasteiger partial charge >= 0.3 is 0 Å². The third kappa shape index (κ3) is 2.73. The first-order chi connectivity index (χ1) is 8.20. The normalized spacial score (nSPS) is 16.5. The van der Waals surface area contributed by atoms with Crippen molar-refractivity contribution in [3.8, 4) is 11.8 Å². The summed E-state index contributed by atoms with van der Waals surface area (Å²) in [4.78, 5) is 0. The van der Waals surface area contributed by atoms with Crippen molar-refractivity contribution >= 4 is 0 Å². The van der Waals surface area contributed by atoms with Crippen LogP contribution in [0.1, 0.15) is 37.7 Å². The number of nitrogens with zero attached hydrogens (tertiary/aromatic N) is 1. The highest BCUT2D eigenvalue weighted by Crippen LogP contribution is 2.28. The fourth-order valence-corrected chi connectivity index (χ4v) is 2.09. The van der Waals surface area contributed by atoms with E-state index in [1.54, 1.807) is 6.07 Å². The maximum absolute atomic E-state index is 13.5. The molecule has 2 nitrogen and oxygen atoms in total. The number of nitriles is 1. The highest BCUT2D eigenvalue weighted by Gasteiger charge is 2.20. The van der Waals surface area contributed by atoms with Gasteiger partial charge in [0.15, 0.2) is 17.4 Å². The van der Waals surface area contributed by atoms with Gasteiger partial charge in [0.1, 0.15) is 0 Å². The van der Waals surface area contributed by atoms with E-state index in [0.29, 0.717) is 0 Å². The zero-order valence-electron chi connectivity index (χ0n) is 9.38. The molecular formula is C13H13F2NO. The minimum atomic E-state index is -0.799. The number of hydrogen-bond acceptors (Lipinski definition) is 2. The van der Waals surface area contributed by atoms with Crippen molar-refractivity contribution in [3.63, 3.8) is 0 Å². The number of hydrogen-bond donors (Lipinski definition) is 0. The van der Waals surface area contributed by atoms with Gasteiger partial charge in [-0.05, 0) is 37.8 Å². The van der Waals surface area contributed by atoms with Crippen LogP contribution in [-0.4, -0.2) is 6.10 Å². The molecule has 0 radical (unpaired) electrons. The molecule has 0 unspecified atom stereocenters. The van der Waals surface area contributed by atoms with Gasteiger partial charge < -0.3 is 4.74 Å². The van der Waals surface area contributed by atoms with E-state index in [9.17, 15) is 8.78 Å². The summed E-state index contributed by atoms with van der Waals surface area (Å²) in [6, 6.07) is 3.71. The van der Waals surface area contributed by atoms with Crippen LogP contribution in [0.25, 0.3) is 0 Å². The highest BCUT2D eigenvalue weighted by molar-refractivity contribution is 5.37. The maximum atomic E-state index is 13.5. The van der Waals surface area contributed by atoms with Crippen molar-refractivity contribution < 1.29 is 13.5 Å². The highest BCUT2D eigenvalue weighted by atomic mass is 19.1. The third-order valence-corrected chi connectivity index (χ3v) is 2.96. The van der Waals surface area contributed by atoms with Crippen LogP contribution < -0.4 is 4.74 Å². The molecule has 1 aromatic carbocycles. The first-order valence-electron chi connectivity index (χ1n) is 5.76. The molecule has 1 aromatic rings. The van der Waals surface area contributed by atoms with E-state index in [4.69, 9.17) is 10.00 Å². The Kier molecular flexibility index (Phi) is 3.58. The Balaban J connectivity index is 2.18. The predicted molar refractivity (Wildman–Crippen MR) is 58.6 cm³/mol. The fourth-order valence-electron chi connectivity index (χ4n) is 2.09. The smallest absolute Gasteiger partial charge is 0.191 e. The molecular weight excluding hydrogens is 224 g/mol. The molecule has 0 aromatic heterocycles. The van der Waals surface area contributed by atoms with Crippen molar-refractivity contribution in [1.82, 2.24) is 0 Å². The second-order valence-corrected chi connectivity index (χ2v) is 4.26. The van der Waals surface area contributed by atoms with Gasteiger partial charge in [-0.3, -0.25) is 0 Å². The van der Waals surface area contributed by atoms with Crippen molar-refractivity contribution in [2.75, 3.05) is 0 Å². The molecule has 0 atom stereocenters. The van der Waals surface area contributed by atoms with Crippen LogP contribution in [-0.2, 0) is 0 Å². The topological polar surface area (TPSA) is 33.0 Å². The van der Waals surface area contributed by atoms with Crippen molar-refractivity contribution in [1.29, 1.82) is 5.26 Å². The monoisotopic (exact) mass is 237 g/mol. The Morgan fingerprint density at radius 1 is 1.12 bits per heavy atom. The van der Waals surface area contributed by atoms with Crippen LogP contribution >= 0.6 is 0 Å². The zero-order chi connectivity index (χ0) is 12.3. The molecule has 1 aliphatic carbocycles. The lowest BCUT2D eigenvalue weighted by Crippen LogP contribution is -2.20. The molecule has 0 spiro atoms. The molecule has 0 aliphatic heterocycles. The first kappa shape index (κ1) is 11.8. The molecule has 1 fully saturated rings. The van der Waals surface area contributed by atoms with E-state index < -0.39 is 11.6 Å². The molecule has 2 rings (SSSR count). The lowest BCUT2D eigenvalue weighted by atomic mass is 9.98. The molecule has 1 aliphatic rings. The Hall–Kier alpha value is -1.63. The Labute approximate surface area is 98.8 Å². The standard InChI is InChI=1S/C13H13F2NO/c14-11-6-9(8-16)7-12(15)13(11)17-10-4-2-1-3-5-10/h6-7,10H,1-5H2. The Morgan fingerprint density at radius 3 is 2.24 bits per heavy atom. The van der Waals surface area contributed by atoms with Gasteiger partial charge in [0.2, 0.25) is 0 Å². The van der Waals surface area contributed by atoms with Gasteiger partial charge in [-0.1, -0.05) is 6.42 Å². The van der Waals surface area contributed by atoms with Gasteiger partial charge in [0.25, 0.3) is 0 Å². The number of ether oxygens (including phenoxy) is 1. The van der Waals surface area contributed by atoms with Crippen LogP contribution in [0, 0.1) is 23.0 Å². The summed E-state index contributed by atoms with van der Waals surface area (Å²) in [5, 5.41) is 8.57. The van der Waals surface area contributed by atoms with E-state index in [0.717, 1.165) is 44.2 Å². The van der Waals surface area contributed by atoms with Crippen molar-refractivity contribution in [3.05, 3.63) is 29.3 Å². The lowest BCUT2D eigenvalue weighted by molar-refractivity contribution is 0.142. The van der Waals surface area contributed by atoms with Gasteiger partial charge in [-0.2, -0.15) is 5.26 Å². The minimum absolute atomic E-state index is 0.0315. The number of benzene rings is 1. The molecule has 1 saturated carbocycles. The summed E-state index contributed by atoms with van der Waals surface area (Å²) < 4.78 is 32.4. The van der Waals surface area contributed by atoms with Gasteiger partial charge in [0.05, 0.1) is 17.7 Å². The van der Waals surface area contributed by atoms with Crippen LogP contribution in [0.4, 0.5) is 8.78 Å². The molecule has 17 heavy (non-hydrogen) atoms. The van der Waals surface area contributed by atoms with Crippen LogP contribution in [0.3, 0.4) is 0 Å². The van der Waals surface area contributed by atoms with E-state index in [-0.39, 0.29) is 17.4 Å². The van der Waals surface area contributed by atoms with Gasteiger partial charge in [-0.25, -0.2) is 8.78 Å². The summed E-state index contributed by atoms with van der Waals surface area (Å²) in [6.45, 7) is 0. The second kappa shape index (κ2) is 5.13. The van der Waals surface area contributed by atoms with E-state index in [2.05, 4.69) is 0 Å². The average molecular weight is 237 g/mol.